The molecule has 24 heavy (non-hydrogen) atoms. The Morgan fingerprint density at radius 3 is 2.79 bits per heavy atom. The molecule has 0 aliphatic rings. The lowest BCUT2D eigenvalue weighted by Gasteiger charge is -2.16. The normalized spacial score (nSPS) is 12.3. The highest BCUT2D eigenvalue weighted by molar-refractivity contribution is 6.45. The highest BCUT2D eigenvalue weighted by Gasteiger charge is 2.18. The molecule has 0 aliphatic carbocycles. The van der Waals surface area contributed by atoms with Crippen molar-refractivity contribution in [3.05, 3.63) is 47.0 Å². The Morgan fingerprint density at radius 1 is 1.38 bits per heavy atom. The minimum absolute atomic E-state index is 0.247. The molecule has 9 heteroatoms. The van der Waals surface area contributed by atoms with Crippen LogP contribution in [0.5, 0.6) is 0 Å². The van der Waals surface area contributed by atoms with Crippen molar-refractivity contribution < 1.29 is 15.0 Å². The quantitative estimate of drug-likeness (QED) is 0.641. The van der Waals surface area contributed by atoms with Gasteiger partial charge in [-0.1, -0.05) is 23.2 Å². The number of aliphatic carboxylic acids is 1. The van der Waals surface area contributed by atoms with Gasteiger partial charge in [-0.25, -0.2) is 14.8 Å². The monoisotopic (exact) mass is 366 g/mol. The van der Waals surface area contributed by atoms with Crippen LogP contribution in [0.3, 0.4) is 0 Å². The Kier molecular flexibility index (Phi) is 4.57. The molecule has 0 amide bonds. The van der Waals surface area contributed by atoms with Gasteiger partial charge in [0, 0.05) is 23.8 Å². The van der Waals surface area contributed by atoms with E-state index >= 15 is 0 Å². The second-order valence-corrected chi connectivity index (χ2v) is 5.76. The van der Waals surface area contributed by atoms with Crippen LogP contribution < -0.4 is 5.32 Å². The van der Waals surface area contributed by atoms with Gasteiger partial charge in [0.1, 0.15) is 11.9 Å². The number of halogens is 2. The second-order valence-electron chi connectivity index (χ2n) is 4.97. The molecule has 7 nitrogen and oxygen atoms in total. The molecule has 0 radical (unpaired) electrons. The Labute approximate surface area is 146 Å². The molecular weight excluding hydrogens is 355 g/mol. The van der Waals surface area contributed by atoms with Gasteiger partial charge in [0.05, 0.1) is 34.2 Å². The summed E-state index contributed by atoms with van der Waals surface area (Å²) >= 11 is 12.3. The Balaban J connectivity index is 2.21. The van der Waals surface area contributed by atoms with E-state index in [-0.39, 0.29) is 10.8 Å². The third kappa shape index (κ3) is 3.01. The summed E-state index contributed by atoms with van der Waals surface area (Å²) in [5, 5.41) is 22.3. The maximum Gasteiger partial charge on any atom is 0.328 e. The maximum atomic E-state index is 11.1. The van der Waals surface area contributed by atoms with Crippen molar-refractivity contribution in [3.63, 3.8) is 0 Å². The summed E-state index contributed by atoms with van der Waals surface area (Å²) in [7, 11) is 0. The number of aliphatic hydroxyl groups excluding tert-OH is 1. The molecule has 124 valence electrons. The van der Waals surface area contributed by atoms with E-state index in [1.807, 2.05) is 0 Å². The Hall–Kier alpha value is -2.35. The van der Waals surface area contributed by atoms with Gasteiger partial charge in [-0.3, -0.25) is 0 Å². The number of nitrogens with one attached hydrogen (secondary N) is 1. The number of carbonyl (C=O) groups is 1. The van der Waals surface area contributed by atoms with Gasteiger partial charge in [0.25, 0.3) is 0 Å². The number of rotatable bonds is 5. The maximum absolute atomic E-state index is 11.1. The molecule has 3 rings (SSSR count). The lowest BCUT2D eigenvalue weighted by molar-refractivity contribution is -0.138. The number of fused-ring (bicyclic) bond motifs is 1. The molecule has 0 saturated carbocycles. The molecule has 1 aromatic carbocycles. The SMILES string of the molecule is O=C(O)C(CO)Nc1cc(-n2ccnc2)c2ccc(Cl)c(Cl)c2n1. The number of aromatic nitrogens is 3. The Morgan fingerprint density at radius 2 is 2.17 bits per heavy atom. The lowest BCUT2D eigenvalue weighted by Crippen LogP contribution is -2.33. The van der Waals surface area contributed by atoms with Crippen molar-refractivity contribution in [1.82, 2.24) is 14.5 Å². The second kappa shape index (κ2) is 6.64. The summed E-state index contributed by atoms with van der Waals surface area (Å²) < 4.78 is 1.74. The average Bonchev–Trinajstić information content (AvgIpc) is 3.09. The van der Waals surface area contributed by atoms with Gasteiger partial charge in [-0.2, -0.15) is 0 Å². The van der Waals surface area contributed by atoms with E-state index in [1.54, 1.807) is 41.5 Å². The standard InChI is InChI=1S/C15H12Cl2N4O3/c16-9-2-1-8-11(21-4-3-18-7-21)5-12(20-14(8)13(9)17)19-10(6-22)15(23)24/h1-5,7,10,22H,6H2,(H,19,20)(H,23,24). The molecular formula is C15H12Cl2N4O3. The van der Waals surface area contributed by atoms with Crippen LogP contribution in [-0.4, -0.2) is 43.4 Å². The van der Waals surface area contributed by atoms with Crippen LogP contribution in [0.15, 0.2) is 36.9 Å². The van der Waals surface area contributed by atoms with E-state index < -0.39 is 18.6 Å². The van der Waals surface area contributed by atoms with E-state index in [9.17, 15) is 9.90 Å². The molecule has 0 saturated heterocycles. The highest BCUT2D eigenvalue weighted by atomic mass is 35.5. The molecule has 2 heterocycles. The average molecular weight is 367 g/mol. The van der Waals surface area contributed by atoms with Crippen LogP contribution in [0, 0.1) is 0 Å². The minimum atomic E-state index is -1.19. The van der Waals surface area contributed by atoms with Gasteiger partial charge in [-0.05, 0) is 12.1 Å². The van der Waals surface area contributed by atoms with Crippen LogP contribution in [-0.2, 0) is 4.79 Å². The number of nitrogens with zero attached hydrogens (tertiary/aromatic N) is 3. The summed E-state index contributed by atoms with van der Waals surface area (Å²) in [6, 6.07) is 3.90. The molecule has 0 fully saturated rings. The van der Waals surface area contributed by atoms with Crippen LogP contribution in [0.4, 0.5) is 5.82 Å². The van der Waals surface area contributed by atoms with E-state index in [1.165, 1.54) is 0 Å². The first-order valence-corrected chi connectivity index (χ1v) is 7.64. The number of imidazole rings is 1. The zero-order valence-electron chi connectivity index (χ0n) is 12.1. The van der Waals surface area contributed by atoms with Gasteiger partial charge in [0.15, 0.2) is 0 Å². The van der Waals surface area contributed by atoms with Gasteiger partial charge >= 0.3 is 5.97 Å². The van der Waals surface area contributed by atoms with Gasteiger partial charge in [-0.15, -0.1) is 0 Å². The molecule has 3 N–H and O–H groups in total. The summed E-state index contributed by atoms with van der Waals surface area (Å²) in [4.78, 5) is 19.5. The molecule has 1 unspecified atom stereocenters. The number of benzene rings is 1. The minimum Gasteiger partial charge on any atom is -0.480 e. The fraction of sp³-hybridized carbons (Fsp3) is 0.133. The van der Waals surface area contributed by atoms with E-state index in [4.69, 9.17) is 28.3 Å². The van der Waals surface area contributed by atoms with Crippen molar-refractivity contribution in [2.45, 2.75) is 6.04 Å². The molecule has 0 spiro atoms. The number of anilines is 1. The highest BCUT2D eigenvalue weighted by Crippen LogP contribution is 2.34. The zero-order valence-corrected chi connectivity index (χ0v) is 13.7. The van der Waals surface area contributed by atoms with E-state index in [0.29, 0.717) is 16.2 Å². The number of carboxylic acids is 1. The largest absolute Gasteiger partial charge is 0.480 e. The van der Waals surface area contributed by atoms with E-state index in [2.05, 4.69) is 15.3 Å². The first kappa shape index (κ1) is 16.5. The number of hydrogen-bond donors (Lipinski definition) is 3. The van der Waals surface area contributed by atoms with Crippen molar-refractivity contribution in [1.29, 1.82) is 0 Å². The van der Waals surface area contributed by atoms with Gasteiger partial charge in [0.2, 0.25) is 0 Å². The topological polar surface area (TPSA) is 100 Å². The van der Waals surface area contributed by atoms with Crippen LogP contribution in [0.25, 0.3) is 16.6 Å². The predicted octanol–water partition coefficient (Wildman–Crippen LogP) is 2.58. The molecule has 2 aromatic heterocycles. The zero-order chi connectivity index (χ0) is 17.3. The molecule has 1 atom stereocenters. The van der Waals surface area contributed by atoms with E-state index in [0.717, 1.165) is 5.39 Å². The molecule has 0 bridgehead atoms. The van der Waals surface area contributed by atoms with Crippen LogP contribution >= 0.6 is 23.2 Å². The fourth-order valence-corrected chi connectivity index (χ4v) is 2.63. The lowest BCUT2D eigenvalue weighted by atomic mass is 10.1. The number of hydrogen-bond acceptors (Lipinski definition) is 5. The van der Waals surface area contributed by atoms with Crippen molar-refractivity contribution in [3.8, 4) is 5.69 Å². The fourth-order valence-electron chi connectivity index (χ4n) is 2.27. The Bertz CT molecular complexity index is 899. The van der Waals surface area contributed by atoms with Gasteiger partial charge < -0.3 is 20.1 Å². The summed E-state index contributed by atoms with van der Waals surface area (Å²) in [6.45, 7) is -0.585. The smallest absolute Gasteiger partial charge is 0.328 e. The van der Waals surface area contributed by atoms with Crippen LogP contribution in [0.2, 0.25) is 10.0 Å². The third-order valence-corrected chi connectivity index (χ3v) is 4.23. The molecule has 0 aliphatic heterocycles. The first-order valence-electron chi connectivity index (χ1n) is 6.88. The number of carboxylic acid groups (broad SMARTS) is 1. The summed E-state index contributed by atoms with van der Waals surface area (Å²) in [5.41, 5.74) is 1.11. The molecule has 3 aromatic rings. The summed E-state index contributed by atoms with van der Waals surface area (Å²) in [6.07, 6.45) is 4.95. The predicted molar refractivity (Wildman–Crippen MR) is 91.0 cm³/mol. The van der Waals surface area contributed by atoms with Crippen molar-refractivity contribution in [2.24, 2.45) is 0 Å². The number of aliphatic hydroxyl groups is 1. The number of pyridine rings is 1. The van der Waals surface area contributed by atoms with Crippen molar-refractivity contribution >= 4 is 45.9 Å². The van der Waals surface area contributed by atoms with Crippen LogP contribution in [0.1, 0.15) is 0 Å². The van der Waals surface area contributed by atoms with Crippen molar-refractivity contribution in [2.75, 3.05) is 11.9 Å². The first-order chi connectivity index (χ1) is 11.5. The summed E-state index contributed by atoms with van der Waals surface area (Å²) in [5.74, 6) is -0.947. The third-order valence-electron chi connectivity index (χ3n) is 3.44.